The lowest BCUT2D eigenvalue weighted by atomic mass is 9.82. The maximum absolute atomic E-state index is 12.6. The van der Waals surface area contributed by atoms with Gasteiger partial charge in [0.05, 0.1) is 23.7 Å². The highest BCUT2D eigenvalue weighted by Crippen LogP contribution is 2.34. The third kappa shape index (κ3) is 2.65. The SMILES string of the molecule is N#CC1(Cc2cccc(C(F)(F)F)c2)CCOC1. The monoisotopic (exact) mass is 255 g/mol. The number of ether oxygens (including phenoxy) is 1. The van der Waals surface area contributed by atoms with E-state index < -0.39 is 17.2 Å². The van der Waals surface area contributed by atoms with Gasteiger partial charge < -0.3 is 4.74 Å². The molecule has 0 amide bonds. The summed E-state index contributed by atoms with van der Waals surface area (Å²) in [7, 11) is 0. The zero-order valence-corrected chi connectivity index (χ0v) is 9.63. The first-order valence-electron chi connectivity index (χ1n) is 5.60. The summed E-state index contributed by atoms with van der Waals surface area (Å²) in [6.07, 6.45) is -3.48. The van der Waals surface area contributed by atoms with E-state index in [2.05, 4.69) is 6.07 Å². The highest BCUT2D eigenvalue weighted by Gasteiger charge is 2.36. The largest absolute Gasteiger partial charge is 0.416 e. The summed E-state index contributed by atoms with van der Waals surface area (Å²) in [5.41, 5.74) is -0.826. The molecule has 18 heavy (non-hydrogen) atoms. The van der Waals surface area contributed by atoms with Gasteiger partial charge in [-0.1, -0.05) is 18.2 Å². The zero-order chi connectivity index (χ0) is 13.2. The topological polar surface area (TPSA) is 33.0 Å². The number of hydrogen-bond donors (Lipinski definition) is 0. The second kappa shape index (κ2) is 4.62. The van der Waals surface area contributed by atoms with Gasteiger partial charge in [-0.05, 0) is 24.5 Å². The second-order valence-corrected chi connectivity index (χ2v) is 4.57. The summed E-state index contributed by atoms with van der Waals surface area (Å²) in [6, 6.07) is 7.31. The molecule has 1 atom stereocenters. The molecule has 2 nitrogen and oxygen atoms in total. The summed E-state index contributed by atoms with van der Waals surface area (Å²) < 4.78 is 42.9. The fraction of sp³-hybridized carbons (Fsp3) is 0.462. The van der Waals surface area contributed by atoms with Crippen molar-refractivity contribution < 1.29 is 17.9 Å². The third-order valence-electron chi connectivity index (χ3n) is 3.14. The molecule has 0 bridgehead atoms. The Kier molecular flexibility index (Phi) is 3.31. The van der Waals surface area contributed by atoms with Gasteiger partial charge >= 0.3 is 6.18 Å². The van der Waals surface area contributed by atoms with E-state index >= 15 is 0 Å². The second-order valence-electron chi connectivity index (χ2n) is 4.57. The number of benzene rings is 1. The van der Waals surface area contributed by atoms with Crippen LogP contribution in [0.25, 0.3) is 0 Å². The van der Waals surface area contributed by atoms with Crippen LogP contribution in [0.4, 0.5) is 13.2 Å². The van der Waals surface area contributed by atoms with E-state index in [1.807, 2.05) is 0 Å². The summed E-state index contributed by atoms with van der Waals surface area (Å²) in [6.45, 7) is 0.784. The predicted molar refractivity (Wildman–Crippen MR) is 58.6 cm³/mol. The molecule has 0 spiro atoms. The summed E-state index contributed by atoms with van der Waals surface area (Å²) in [5.74, 6) is 0. The maximum atomic E-state index is 12.6. The Morgan fingerprint density at radius 1 is 1.39 bits per heavy atom. The summed E-state index contributed by atoms with van der Waals surface area (Å²) >= 11 is 0. The highest BCUT2D eigenvalue weighted by molar-refractivity contribution is 5.28. The molecule has 1 aromatic carbocycles. The Labute approximate surface area is 103 Å². The molecule has 1 aliphatic heterocycles. The molecule has 1 aliphatic rings. The van der Waals surface area contributed by atoms with Gasteiger partial charge in [-0.15, -0.1) is 0 Å². The van der Waals surface area contributed by atoms with E-state index in [1.165, 1.54) is 6.07 Å². The van der Waals surface area contributed by atoms with Crippen LogP contribution in [0.5, 0.6) is 0 Å². The van der Waals surface area contributed by atoms with Gasteiger partial charge in [-0.2, -0.15) is 18.4 Å². The Balaban J connectivity index is 2.22. The van der Waals surface area contributed by atoms with Crippen LogP contribution in [0.1, 0.15) is 17.5 Å². The minimum absolute atomic E-state index is 0.291. The van der Waals surface area contributed by atoms with Gasteiger partial charge in [-0.3, -0.25) is 0 Å². The lowest BCUT2D eigenvalue weighted by Crippen LogP contribution is -2.22. The van der Waals surface area contributed by atoms with Gasteiger partial charge in [-0.25, -0.2) is 0 Å². The van der Waals surface area contributed by atoms with Gasteiger partial charge in [0.15, 0.2) is 0 Å². The fourth-order valence-electron chi connectivity index (χ4n) is 2.12. The van der Waals surface area contributed by atoms with Crippen molar-refractivity contribution in [1.29, 1.82) is 5.26 Å². The van der Waals surface area contributed by atoms with Crippen LogP contribution in [-0.4, -0.2) is 13.2 Å². The molecular weight excluding hydrogens is 243 g/mol. The molecule has 1 saturated heterocycles. The van der Waals surface area contributed by atoms with Crippen LogP contribution in [0.2, 0.25) is 0 Å². The first kappa shape index (κ1) is 12.9. The molecule has 96 valence electrons. The van der Waals surface area contributed by atoms with Crippen molar-refractivity contribution >= 4 is 0 Å². The van der Waals surface area contributed by atoms with E-state index in [0.29, 0.717) is 31.6 Å². The van der Waals surface area contributed by atoms with Crippen LogP contribution >= 0.6 is 0 Å². The standard InChI is InChI=1S/C13H12F3NO/c14-13(15,16)11-3-1-2-10(6-11)7-12(8-17)4-5-18-9-12/h1-3,6H,4-5,7,9H2. The average Bonchev–Trinajstić information content (AvgIpc) is 2.77. The minimum atomic E-state index is -4.35. The number of alkyl halides is 3. The zero-order valence-electron chi connectivity index (χ0n) is 9.63. The van der Waals surface area contributed by atoms with Crippen LogP contribution in [0.15, 0.2) is 24.3 Å². The number of rotatable bonds is 2. The highest BCUT2D eigenvalue weighted by atomic mass is 19.4. The lowest BCUT2D eigenvalue weighted by Gasteiger charge is -2.19. The first-order chi connectivity index (χ1) is 8.45. The number of nitriles is 1. The van der Waals surface area contributed by atoms with E-state index in [4.69, 9.17) is 10.00 Å². The number of hydrogen-bond acceptors (Lipinski definition) is 2. The predicted octanol–water partition coefficient (Wildman–Crippen LogP) is 3.18. The Hall–Kier alpha value is -1.54. The van der Waals surface area contributed by atoms with E-state index in [0.717, 1.165) is 12.1 Å². The third-order valence-corrected chi connectivity index (χ3v) is 3.14. The van der Waals surface area contributed by atoms with Crippen molar-refractivity contribution in [2.45, 2.75) is 19.0 Å². The Bertz CT molecular complexity index is 470. The van der Waals surface area contributed by atoms with Gasteiger partial charge in [0, 0.05) is 6.61 Å². The Morgan fingerprint density at radius 2 is 2.17 bits per heavy atom. The van der Waals surface area contributed by atoms with Crippen molar-refractivity contribution in [2.24, 2.45) is 5.41 Å². The lowest BCUT2D eigenvalue weighted by molar-refractivity contribution is -0.137. The first-order valence-corrected chi connectivity index (χ1v) is 5.60. The Morgan fingerprint density at radius 3 is 2.72 bits per heavy atom. The molecule has 2 rings (SSSR count). The normalized spacial score (nSPS) is 23.9. The van der Waals surface area contributed by atoms with Crippen molar-refractivity contribution in [2.75, 3.05) is 13.2 Å². The molecule has 1 fully saturated rings. The van der Waals surface area contributed by atoms with Crippen molar-refractivity contribution in [1.82, 2.24) is 0 Å². The van der Waals surface area contributed by atoms with Gasteiger partial charge in [0.25, 0.3) is 0 Å². The molecule has 0 N–H and O–H groups in total. The molecular formula is C13H12F3NO. The smallest absolute Gasteiger partial charge is 0.380 e. The minimum Gasteiger partial charge on any atom is -0.380 e. The van der Waals surface area contributed by atoms with E-state index in [1.54, 1.807) is 6.07 Å². The molecule has 0 radical (unpaired) electrons. The van der Waals surface area contributed by atoms with E-state index in [-0.39, 0.29) is 0 Å². The molecule has 1 unspecified atom stereocenters. The molecule has 1 heterocycles. The van der Waals surface area contributed by atoms with Crippen molar-refractivity contribution in [3.8, 4) is 6.07 Å². The van der Waals surface area contributed by atoms with Crippen LogP contribution in [-0.2, 0) is 17.3 Å². The van der Waals surface area contributed by atoms with Crippen LogP contribution < -0.4 is 0 Å². The van der Waals surface area contributed by atoms with Crippen molar-refractivity contribution in [3.05, 3.63) is 35.4 Å². The van der Waals surface area contributed by atoms with Gasteiger partial charge in [0.2, 0.25) is 0 Å². The van der Waals surface area contributed by atoms with Crippen molar-refractivity contribution in [3.63, 3.8) is 0 Å². The quantitative estimate of drug-likeness (QED) is 0.813. The molecule has 0 saturated carbocycles. The van der Waals surface area contributed by atoms with Crippen LogP contribution in [0.3, 0.4) is 0 Å². The molecule has 0 aromatic heterocycles. The molecule has 0 aliphatic carbocycles. The number of nitrogens with zero attached hydrogens (tertiary/aromatic N) is 1. The van der Waals surface area contributed by atoms with Gasteiger partial charge in [0.1, 0.15) is 0 Å². The number of halogens is 3. The molecule has 1 aromatic rings. The molecule has 5 heteroatoms. The maximum Gasteiger partial charge on any atom is 0.416 e. The summed E-state index contributed by atoms with van der Waals surface area (Å²) in [4.78, 5) is 0. The van der Waals surface area contributed by atoms with E-state index in [9.17, 15) is 13.2 Å². The fourth-order valence-corrected chi connectivity index (χ4v) is 2.12. The average molecular weight is 255 g/mol. The van der Waals surface area contributed by atoms with Crippen LogP contribution in [0, 0.1) is 16.7 Å². The summed E-state index contributed by atoms with van der Waals surface area (Å²) in [5, 5.41) is 9.15.